The second kappa shape index (κ2) is 4.57. The first-order valence-corrected chi connectivity index (χ1v) is 3.38. The Balaban J connectivity index is 0.000000291. The van der Waals surface area contributed by atoms with Gasteiger partial charge in [-0.3, -0.25) is 0 Å². The van der Waals surface area contributed by atoms with Crippen LogP contribution in [0, 0.1) is 11.8 Å². The predicted molar refractivity (Wildman–Crippen MR) is 40.4 cm³/mol. The summed E-state index contributed by atoms with van der Waals surface area (Å²) in [7, 11) is 0. The summed E-state index contributed by atoms with van der Waals surface area (Å²) in [6, 6.07) is 0. The minimum Gasteiger partial charge on any atom is -0.381 e. The highest BCUT2D eigenvalue weighted by Crippen LogP contribution is 2.17. The number of hydrogen-bond donors (Lipinski definition) is 0. The molecule has 1 nitrogen and oxygen atoms in total. The summed E-state index contributed by atoms with van der Waals surface area (Å²) in [6.45, 7) is 12.4. The number of hydrogen-bond acceptors (Lipinski definition) is 1. The van der Waals surface area contributed by atoms with Crippen LogP contribution in [0.3, 0.4) is 0 Å². The molecule has 0 spiro atoms. The maximum atomic E-state index is 5.17. The number of ether oxygens (including phenoxy) is 1. The van der Waals surface area contributed by atoms with Crippen LogP contribution in [0.5, 0.6) is 0 Å². The summed E-state index contributed by atoms with van der Waals surface area (Å²) >= 11 is 0. The first-order chi connectivity index (χ1) is 4.30. The molecule has 1 heteroatoms. The van der Waals surface area contributed by atoms with Crippen molar-refractivity contribution in [3.63, 3.8) is 0 Å². The highest BCUT2D eigenvalue weighted by atomic mass is 16.5. The Morgan fingerprint density at radius 1 is 1.11 bits per heavy atom. The third-order valence-electron chi connectivity index (χ3n) is 1.73. The van der Waals surface area contributed by atoms with Gasteiger partial charge in [-0.25, -0.2) is 0 Å². The van der Waals surface area contributed by atoms with E-state index in [1.54, 1.807) is 0 Å². The molecule has 0 saturated carbocycles. The summed E-state index contributed by atoms with van der Waals surface area (Å²) in [5.74, 6) is 1.58. The average molecular weight is 128 g/mol. The van der Waals surface area contributed by atoms with Gasteiger partial charge in [-0.15, -0.1) is 13.2 Å². The Bertz CT molecular complexity index is 63.0. The molecule has 0 radical (unpaired) electrons. The fourth-order valence-electron chi connectivity index (χ4n) is 0.768. The lowest BCUT2D eigenvalue weighted by molar-refractivity contribution is 0.183. The lowest BCUT2D eigenvalue weighted by Crippen LogP contribution is -2.01. The van der Waals surface area contributed by atoms with Crippen molar-refractivity contribution in [2.75, 3.05) is 13.2 Å². The molecule has 1 unspecified atom stereocenters. The molecule has 1 saturated heterocycles. The maximum absolute atomic E-state index is 5.17. The SMILES string of the molecule is C=C.CC1COC[C@H]1C. The zero-order valence-corrected chi connectivity index (χ0v) is 6.39. The zero-order chi connectivity index (χ0) is 7.28. The van der Waals surface area contributed by atoms with E-state index in [4.69, 9.17) is 4.74 Å². The van der Waals surface area contributed by atoms with E-state index in [0.717, 1.165) is 25.0 Å². The molecule has 2 atom stereocenters. The molecule has 0 aromatic rings. The molecular weight excluding hydrogens is 112 g/mol. The minimum atomic E-state index is 0.792. The Hall–Kier alpha value is -0.300. The maximum Gasteiger partial charge on any atom is 0.0495 e. The van der Waals surface area contributed by atoms with Gasteiger partial charge in [0, 0.05) is 13.2 Å². The summed E-state index contributed by atoms with van der Waals surface area (Å²) < 4.78 is 5.17. The Kier molecular flexibility index (Phi) is 4.41. The van der Waals surface area contributed by atoms with E-state index >= 15 is 0 Å². The van der Waals surface area contributed by atoms with Crippen molar-refractivity contribution in [3.05, 3.63) is 13.2 Å². The van der Waals surface area contributed by atoms with Gasteiger partial charge in [-0.1, -0.05) is 13.8 Å². The van der Waals surface area contributed by atoms with Crippen molar-refractivity contribution in [3.8, 4) is 0 Å². The molecule has 0 amide bonds. The van der Waals surface area contributed by atoms with Gasteiger partial charge >= 0.3 is 0 Å². The van der Waals surface area contributed by atoms with Crippen molar-refractivity contribution in [1.82, 2.24) is 0 Å². The van der Waals surface area contributed by atoms with E-state index in [-0.39, 0.29) is 0 Å². The van der Waals surface area contributed by atoms with Crippen LogP contribution in [0.4, 0.5) is 0 Å². The van der Waals surface area contributed by atoms with Gasteiger partial charge in [-0.05, 0) is 11.8 Å². The van der Waals surface area contributed by atoms with Crippen LogP contribution in [0.25, 0.3) is 0 Å². The van der Waals surface area contributed by atoms with Gasteiger partial charge in [0.1, 0.15) is 0 Å². The van der Waals surface area contributed by atoms with Crippen LogP contribution >= 0.6 is 0 Å². The van der Waals surface area contributed by atoms with Crippen molar-refractivity contribution in [2.24, 2.45) is 11.8 Å². The van der Waals surface area contributed by atoms with Crippen LogP contribution in [0.2, 0.25) is 0 Å². The van der Waals surface area contributed by atoms with Gasteiger partial charge < -0.3 is 4.74 Å². The highest BCUT2D eigenvalue weighted by molar-refractivity contribution is 4.65. The van der Waals surface area contributed by atoms with Crippen LogP contribution in [0.1, 0.15) is 13.8 Å². The third kappa shape index (κ3) is 2.66. The Morgan fingerprint density at radius 3 is 1.56 bits per heavy atom. The molecule has 0 bridgehead atoms. The molecule has 1 heterocycles. The molecule has 1 rings (SSSR count). The number of rotatable bonds is 0. The van der Waals surface area contributed by atoms with Crippen molar-refractivity contribution in [1.29, 1.82) is 0 Å². The fraction of sp³-hybridized carbons (Fsp3) is 0.750. The largest absolute Gasteiger partial charge is 0.381 e. The van der Waals surface area contributed by atoms with Gasteiger partial charge in [0.2, 0.25) is 0 Å². The van der Waals surface area contributed by atoms with E-state index in [0.29, 0.717) is 0 Å². The second-order valence-corrected chi connectivity index (χ2v) is 2.49. The predicted octanol–water partition coefficient (Wildman–Crippen LogP) is 2.09. The summed E-state index contributed by atoms with van der Waals surface area (Å²) in [6.07, 6.45) is 0. The quantitative estimate of drug-likeness (QED) is 0.454. The highest BCUT2D eigenvalue weighted by Gasteiger charge is 2.18. The van der Waals surface area contributed by atoms with E-state index < -0.39 is 0 Å². The van der Waals surface area contributed by atoms with Crippen molar-refractivity contribution < 1.29 is 4.74 Å². The van der Waals surface area contributed by atoms with Gasteiger partial charge in [0.15, 0.2) is 0 Å². The third-order valence-corrected chi connectivity index (χ3v) is 1.73. The zero-order valence-electron chi connectivity index (χ0n) is 6.39. The lowest BCUT2D eigenvalue weighted by atomic mass is 10.0. The summed E-state index contributed by atoms with van der Waals surface area (Å²) in [5.41, 5.74) is 0. The fourth-order valence-corrected chi connectivity index (χ4v) is 0.768. The monoisotopic (exact) mass is 128 g/mol. The first-order valence-electron chi connectivity index (χ1n) is 3.38. The average Bonchev–Trinajstić information content (AvgIpc) is 2.23. The molecule has 0 aromatic carbocycles. The summed E-state index contributed by atoms with van der Waals surface area (Å²) in [4.78, 5) is 0. The standard InChI is InChI=1S/C6H12O.C2H4/c1-5-3-7-4-6(5)2;1-2/h5-6H,3-4H2,1-2H3;1-2H2/t5-,6?;/m1./s1. The minimum absolute atomic E-state index is 0.792. The second-order valence-electron chi connectivity index (χ2n) is 2.49. The van der Waals surface area contributed by atoms with Crippen LogP contribution in [-0.4, -0.2) is 13.2 Å². The summed E-state index contributed by atoms with van der Waals surface area (Å²) in [5, 5.41) is 0. The topological polar surface area (TPSA) is 9.23 Å². The Labute approximate surface area is 57.7 Å². The van der Waals surface area contributed by atoms with E-state index in [9.17, 15) is 0 Å². The van der Waals surface area contributed by atoms with Crippen LogP contribution in [0.15, 0.2) is 13.2 Å². The van der Waals surface area contributed by atoms with E-state index in [2.05, 4.69) is 27.0 Å². The van der Waals surface area contributed by atoms with Gasteiger partial charge in [0.25, 0.3) is 0 Å². The molecule has 0 aromatic heterocycles. The van der Waals surface area contributed by atoms with Crippen LogP contribution in [-0.2, 0) is 4.74 Å². The smallest absolute Gasteiger partial charge is 0.0495 e. The molecule has 1 aliphatic heterocycles. The molecule has 0 N–H and O–H groups in total. The van der Waals surface area contributed by atoms with Crippen molar-refractivity contribution in [2.45, 2.75) is 13.8 Å². The van der Waals surface area contributed by atoms with E-state index in [1.165, 1.54) is 0 Å². The lowest BCUT2D eigenvalue weighted by Gasteiger charge is -2.01. The Morgan fingerprint density at radius 2 is 1.44 bits per heavy atom. The molecular formula is C8H16O. The first kappa shape index (κ1) is 8.70. The molecule has 1 aliphatic rings. The van der Waals surface area contributed by atoms with Gasteiger partial charge in [-0.2, -0.15) is 0 Å². The van der Waals surface area contributed by atoms with E-state index in [1.807, 2.05) is 0 Å². The molecule has 1 fully saturated rings. The molecule has 0 aliphatic carbocycles. The molecule has 9 heavy (non-hydrogen) atoms. The molecule has 54 valence electrons. The van der Waals surface area contributed by atoms with Gasteiger partial charge in [0.05, 0.1) is 0 Å². The van der Waals surface area contributed by atoms with Crippen LogP contribution < -0.4 is 0 Å². The normalized spacial score (nSPS) is 33.1. The van der Waals surface area contributed by atoms with Crippen molar-refractivity contribution >= 4 is 0 Å².